The van der Waals surface area contributed by atoms with Crippen LogP contribution in [0.1, 0.15) is 25.0 Å². The minimum Gasteiger partial charge on any atom is -1.00 e. The first-order chi connectivity index (χ1) is 10.5. The van der Waals surface area contributed by atoms with E-state index >= 15 is 0 Å². The van der Waals surface area contributed by atoms with Crippen LogP contribution in [0.5, 0.6) is 0 Å². The Labute approximate surface area is 147 Å². The monoisotopic (exact) mass is 380 g/mol. The number of quaternary nitrogens is 1. The molecule has 1 aromatic carbocycles. The van der Waals surface area contributed by atoms with E-state index in [9.17, 15) is 9.90 Å². The molecular formula is C17H21BrN2O3. The van der Waals surface area contributed by atoms with Crippen molar-refractivity contribution in [1.82, 2.24) is 0 Å². The first-order valence-corrected chi connectivity index (χ1v) is 7.47. The number of nitriles is 1. The second-order valence-corrected chi connectivity index (χ2v) is 5.40. The number of morpholine rings is 1. The summed E-state index contributed by atoms with van der Waals surface area (Å²) in [6, 6.07) is 9.16. The highest BCUT2D eigenvalue weighted by atomic mass is 79.9. The number of halogens is 1. The molecule has 0 spiro atoms. The molecular weight excluding hydrogens is 360 g/mol. The molecule has 1 atom stereocenters. The molecule has 1 aromatic rings. The summed E-state index contributed by atoms with van der Waals surface area (Å²) >= 11 is 0. The average molecular weight is 381 g/mol. The third-order valence-electron chi connectivity index (χ3n) is 4.56. The van der Waals surface area contributed by atoms with Gasteiger partial charge in [0.25, 0.3) is 0 Å². The lowest BCUT2D eigenvalue weighted by Crippen LogP contribution is -3.00. The molecule has 23 heavy (non-hydrogen) atoms. The Morgan fingerprint density at radius 2 is 2.04 bits per heavy atom. The maximum atomic E-state index is 12.2. The Bertz CT molecular complexity index is 635. The topological polar surface area (TPSA) is 70.3 Å². The van der Waals surface area contributed by atoms with Gasteiger partial charge in [-0.1, -0.05) is 18.2 Å². The van der Waals surface area contributed by atoms with Crippen molar-refractivity contribution < 1.29 is 36.1 Å². The van der Waals surface area contributed by atoms with Crippen LogP contribution in [0.4, 0.5) is 0 Å². The number of rotatable bonds is 4. The maximum absolute atomic E-state index is 12.2. The van der Waals surface area contributed by atoms with Gasteiger partial charge in [0, 0.05) is 6.08 Å². The normalized spacial score (nSPS) is 23.0. The van der Waals surface area contributed by atoms with Crippen LogP contribution in [-0.4, -0.2) is 47.5 Å². The third-order valence-corrected chi connectivity index (χ3v) is 4.56. The van der Waals surface area contributed by atoms with E-state index in [0.717, 1.165) is 0 Å². The molecule has 2 rings (SSSR count). The predicted molar refractivity (Wildman–Crippen MR) is 82.3 cm³/mol. The molecule has 1 aliphatic heterocycles. The molecule has 6 heteroatoms. The van der Waals surface area contributed by atoms with Gasteiger partial charge in [0.1, 0.15) is 13.2 Å². The molecule has 1 N–H and O–H groups in total. The van der Waals surface area contributed by atoms with Crippen molar-refractivity contribution in [2.45, 2.75) is 19.6 Å². The molecule has 0 bridgehead atoms. The van der Waals surface area contributed by atoms with Crippen LogP contribution in [0, 0.1) is 11.3 Å². The molecule has 1 fully saturated rings. The third kappa shape index (κ3) is 3.32. The Hall–Kier alpha value is -1.68. The molecule has 1 aliphatic rings. The summed E-state index contributed by atoms with van der Waals surface area (Å²) in [5.41, 5.74) is -0.552. The first-order valence-electron chi connectivity index (χ1n) is 7.47. The largest absolute Gasteiger partial charge is 1.00 e. The van der Waals surface area contributed by atoms with Gasteiger partial charge < -0.3 is 26.8 Å². The molecule has 5 nitrogen and oxygen atoms in total. The van der Waals surface area contributed by atoms with Gasteiger partial charge in [0.15, 0.2) is 0 Å². The quantitative estimate of drug-likeness (QED) is 0.519. The number of likely N-dealkylation sites (N-methyl/N-ethyl adjacent to an activating group) is 1. The zero-order chi connectivity index (χ0) is 16.2. The van der Waals surface area contributed by atoms with E-state index in [-0.39, 0.29) is 21.5 Å². The number of ether oxygens (including phenoxy) is 1. The Morgan fingerprint density at radius 3 is 2.65 bits per heavy atom. The number of benzene rings is 1. The lowest BCUT2D eigenvalue weighted by molar-refractivity contribution is -0.983. The van der Waals surface area contributed by atoms with E-state index in [4.69, 9.17) is 10.00 Å². The zero-order valence-corrected chi connectivity index (χ0v) is 14.9. The summed E-state index contributed by atoms with van der Waals surface area (Å²) in [7, 11) is 0. The number of carbonyl (C=O) groups excluding carboxylic acids is 1. The zero-order valence-electron chi connectivity index (χ0n) is 13.3. The molecule has 1 heterocycles. The van der Waals surface area contributed by atoms with Crippen molar-refractivity contribution in [3.8, 4) is 6.07 Å². The summed E-state index contributed by atoms with van der Waals surface area (Å²) in [6.07, 6.45) is 3.10. The Kier molecular flexibility index (Phi) is 6.51. The lowest BCUT2D eigenvalue weighted by Gasteiger charge is -2.48. The first kappa shape index (κ1) is 19.4. The van der Waals surface area contributed by atoms with Crippen LogP contribution in [0.3, 0.4) is 0 Å². The van der Waals surface area contributed by atoms with Gasteiger partial charge in [-0.15, -0.1) is 0 Å². The molecule has 1 saturated heterocycles. The molecule has 0 amide bonds. The number of nitrogens with zero attached hydrogens (tertiary/aromatic N) is 2. The summed E-state index contributed by atoms with van der Waals surface area (Å²) in [5, 5.41) is 20.1. The maximum Gasteiger partial charge on any atom is 0.402 e. The molecule has 0 aromatic heterocycles. The van der Waals surface area contributed by atoms with Crippen LogP contribution in [0.15, 0.2) is 30.3 Å². The van der Waals surface area contributed by atoms with Crippen LogP contribution in [0.2, 0.25) is 0 Å². The highest BCUT2D eigenvalue weighted by molar-refractivity contribution is 5.82. The second-order valence-electron chi connectivity index (χ2n) is 5.40. The number of hydrogen-bond donors (Lipinski definition) is 1. The van der Waals surface area contributed by atoms with Crippen LogP contribution in [0.25, 0.3) is 6.08 Å². The van der Waals surface area contributed by atoms with Gasteiger partial charge in [0.05, 0.1) is 24.7 Å². The molecule has 0 saturated carbocycles. The minimum absolute atomic E-state index is 0. The number of aliphatic hydroxyl groups is 1. The highest BCUT2D eigenvalue weighted by Crippen LogP contribution is 2.30. The predicted octanol–water partition coefficient (Wildman–Crippen LogP) is -1.32. The van der Waals surface area contributed by atoms with Gasteiger partial charge >= 0.3 is 11.7 Å². The average Bonchev–Trinajstić information content (AvgIpc) is 2.56. The SMILES string of the molecule is CC[N+]1(CC)CCOC(=O)C1(O)/C=C/c1ccccc1C#N.[Br-]. The van der Waals surface area contributed by atoms with Gasteiger partial charge in [-0.25, -0.2) is 4.79 Å². The van der Waals surface area contributed by atoms with Gasteiger partial charge in [-0.05, 0) is 31.6 Å². The fraction of sp³-hybridized carbons (Fsp3) is 0.412. The summed E-state index contributed by atoms with van der Waals surface area (Å²) in [5.74, 6) is -0.631. The summed E-state index contributed by atoms with van der Waals surface area (Å²) in [6.45, 7) is 6.01. The number of cyclic esters (lactones) is 1. The Morgan fingerprint density at radius 1 is 1.39 bits per heavy atom. The van der Waals surface area contributed by atoms with E-state index in [1.165, 1.54) is 6.08 Å². The molecule has 0 radical (unpaired) electrons. The van der Waals surface area contributed by atoms with Gasteiger partial charge in [-0.3, -0.25) is 4.48 Å². The van der Waals surface area contributed by atoms with Crippen molar-refractivity contribution >= 4 is 12.0 Å². The standard InChI is InChI=1S/C17H21N2O3.BrH/c1-3-19(4-2)11-12-22-16(20)17(19,21)10-9-14-7-5-6-8-15(14)13-18;/h5-10,21H,3-4,11-12H2,1-2H3;1H/q+1;/p-1/b10-9+;. The van der Waals surface area contributed by atoms with Crippen LogP contribution in [-0.2, 0) is 9.53 Å². The van der Waals surface area contributed by atoms with Crippen molar-refractivity contribution in [3.63, 3.8) is 0 Å². The van der Waals surface area contributed by atoms with Crippen molar-refractivity contribution in [1.29, 1.82) is 5.26 Å². The van der Waals surface area contributed by atoms with Gasteiger partial charge in [0.2, 0.25) is 0 Å². The van der Waals surface area contributed by atoms with E-state index < -0.39 is 11.7 Å². The lowest BCUT2D eigenvalue weighted by atomic mass is 10.0. The van der Waals surface area contributed by atoms with Crippen molar-refractivity contribution in [2.24, 2.45) is 0 Å². The highest BCUT2D eigenvalue weighted by Gasteiger charge is 2.56. The molecule has 0 aliphatic carbocycles. The van der Waals surface area contributed by atoms with E-state index in [1.807, 2.05) is 19.9 Å². The minimum atomic E-state index is -1.72. The van der Waals surface area contributed by atoms with E-state index in [0.29, 0.717) is 37.4 Å². The Balaban J connectivity index is 0.00000264. The van der Waals surface area contributed by atoms with E-state index in [2.05, 4.69) is 6.07 Å². The summed E-state index contributed by atoms with van der Waals surface area (Å²) in [4.78, 5) is 12.2. The van der Waals surface area contributed by atoms with E-state index in [1.54, 1.807) is 24.3 Å². The summed E-state index contributed by atoms with van der Waals surface area (Å²) < 4.78 is 5.31. The fourth-order valence-corrected chi connectivity index (χ4v) is 2.98. The number of carbonyl (C=O) groups is 1. The molecule has 124 valence electrons. The second kappa shape index (κ2) is 7.73. The van der Waals surface area contributed by atoms with Crippen LogP contribution < -0.4 is 17.0 Å². The van der Waals surface area contributed by atoms with Gasteiger partial charge in [-0.2, -0.15) is 5.26 Å². The molecule has 1 unspecified atom stereocenters. The number of hydrogen-bond acceptors (Lipinski definition) is 4. The van der Waals surface area contributed by atoms with Crippen molar-refractivity contribution in [3.05, 3.63) is 41.5 Å². The van der Waals surface area contributed by atoms with Crippen molar-refractivity contribution in [2.75, 3.05) is 26.2 Å². The van der Waals surface area contributed by atoms with Crippen LogP contribution >= 0.6 is 0 Å². The number of esters is 1. The fourth-order valence-electron chi connectivity index (χ4n) is 2.98. The smallest absolute Gasteiger partial charge is 0.402 e.